The van der Waals surface area contributed by atoms with Crippen molar-refractivity contribution < 1.29 is 18.0 Å². The van der Waals surface area contributed by atoms with E-state index in [4.69, 9.17) is 11.6 Å². The molecule has 1 saturated heterocycles. The number of halogens is 4. The molecule has 1 N–H and O–H groups in total. The molecule has 2 aliphatic rings. The summed E-state index contributed by atoms with van der Waals surface area (Å²) in [7, 11) is 0. The Bertz CT molecular complexity index is 911. The average Bonchev–Trinajstić information content (AvgIpc) is 3.12. The molecule has 1 fully saturated rings. The zero-order chi connectivity index (χ0) is 21.3. The smallest absolute Gasteiger partial charge is 0.335 e. The first-order valence-corrected chi connectivity index (χ1v) is 10.3. The van der Waals surface area contributed by atoms with Crippen LogP contribution in [0.25, 0.3) is 0 Å². The van der Waals surface area contributed by atoms with Crippen molar-refractivity contribution in [1.29, 1.82) is 0 Å². The maximum absolute atomic E-state index is 12.7. The molecule has 2 amide bonds. The molecular weight excluding hydrogens is 417 g/mol. The lowest BCUT2D eigenvalue weighted by Crippen LogP contribution is -2.48. The summed E-state index contributed by atoms with van der Waals surface area (Å²) in [6.07, 6.45) is -0.754. The number of pyridine rings is 1. The zero-order valence-electron chi connectivity index (χ0n) is 16.3. The SMILES string of the molecule is O=C(NC1CCN(Cc2ccc(C(F)(F)F)nc2)CC1)N1CCc2cc(Cl)ccc21. The molecule has 160 valence electrons. The number of carbonyl (C=O) groups excluding carboxylic acids is 1. The summed E-state index contributed by atoms with van der Waals surface area (Å²) in [5.41, 5.74) is 1.86. The van der Waals surface area contributed by atoms with E-state index in [2.05, 4.69) is 15.2 Å². The predicted molar refractivity (Wildman–Crippen MR) is 109 cm³/mol. The van der Waals surface area contributed by atoms with Crippen molar-refractivity contribution >= 4 is 23.3 Å². The van der Waals surface area contributed by atoms with Gasteiger partial charge in [0.2, 0.25) is 0 Å². The molecule has 5 nitrogen and oxygen atoms in total. The first kappa shape index (κ1) is 20.9. The second-order valence-electron chi connectivity index (χ2n) is 7.72. The van der Waals surface area contributed by atoms with Crippen LogP contribution in [0.15, 0.2) is 36.5 Å². The molecule has 1 aromatic heterocycles. The molecular formula is C21H22ClF3N4O. The van der Waals surface area contributed by atoms with Gasteiger partial charge in [0.15, 0.2) is 0 Å². The average molecular weight is 439 g/mol. The lowest BCUT2D eigenvalue weighted by atomic mass is 10.0. The quantitative estimate of drug-likeness (QED) is 0.768. The predicted octanol–water partition coefficient (Wildman–Crippen LogP) is 4.49. The standard InChI is InChI=1S/C21H22ClF3N4O/c22-16-2-3-18-15(11-16)5-10-29(18)20(30)27-17-6-8-28(9-7-17)13-14-1-4-19(26-12-14)21(23,24)25/h1-4,11-12,17H,5-10,13H2,(H,27,30). The Labute approximate surface area is 177 Å². The maximum Gasteiger partial charge on any atom is 0.433 e. The van der Waals surface area contributed by atoms with Crippen LogP contribution in [0.4, 0.5) is 23.7 Å². The number of alkyl halides is 3. The van der Waals surface area contributed by atoms with E-state index in [-0.39, 0.29) is 12.1 Å². The largest absolute Gasteiger partial charge is 0.433 e. The summed E-state index contributed by atoms with van der Waals surface area (Å²) in [5, 5.41) is 3.79. The maximum atomic E-state index is 12.7. The van der Waals surface area contributed by atoms with Gasteiger partial charge in [0.25, 0.3) is 0 Å². The van der Waals surface area contributed by atoms with Crippen molar-refractivity contribution in [3.63, 3.8) is 0 Å². The van der Waals surface area contributed by atoms with Crippen molar-refractivity contribution in [2.24, 2.45) is 0 Å². The number of nitrogens with one attached hydrogen (secondary N) is 1. The fraction of sp³-hybridized carbons (Fsp3) is 0.429. The van der Waals surface area contributed by atoms with Gasteiger partial charge in [0.1, 0.15) is 5.69 Å². The highest BCUT2D eigenvalue weighted by atomic mass is 35.5. The molecule has 1 aromatic carbocycles. The van der Waals surface area contributed by atoms with Gasteiger partial charge in [0, 0.05) is 49.1 Å². The summed E-state index contributed by atoms with van der Waals surface area (Å²) in [4.78, 5) is 20.2. The number of nitrogens with zero attached hydrogens (tertiary/aromatic N) is 3. The Morgan fingerprint density at radius 3 is 2.60 bits per heavy atom. The van der Waals surface area contributed by atoms with Gasteiger partial charge in [-0.2, -0.15) is 13.2 Å². The number of amides is 2. The molecule has 4 rings (SSSR count). The van der Waals surface area contributed by atoms with Gasteiger partial charge >= 0.3 is 12.2 Å². The summed E-state index contributed by atoms with van der Waals surface area (Å²) >= 11 is 6.03. The van der Waals surface area contributed by atoms with Crippen molar-refractivity contribution in [3.05, 3.63) is 58.4 Å². The highest BCUT2D eigenvalue weighted by Crippen LogP contribution is 2.31. The second-order valence-corrected chi connectivity index (χ2v) is 8.16. The van der Waals surface area contributed by atoms with Crippen molar-refractivity contribution in [3.8, 4) is 0 Å². The Hall–Kier alpha value is -2.32. The third-order valence-corrected chi connectivity index (χ3v) is 5.85. The van der Waals surface area contributed by atoms with Crippen LogP contribution < -0.4 is 10.2 Å². The molecule has 3 heterocycles. The number of anilines is 1. The highest BCUT2D eigenvalue weighted by Gasteiger charge is 2.32. The number of urea groups is 1. The number of rotatable bonds is 3. The molecule has 9 heteroatoms. The molecule has 0 saturated carbocycles. The zero-order valence-corrected chi connectivity index (χ0v) is 17.0. The summed E-state index contributed by atoms with van der Waals surface area (Å²) in [6.45, 7) is 2.71. The van der Waals surface area contributed by atoms with E-state index in [0.29, 0.717) is 18.1 Å². The van der Waals surface area contributed by atoms with Crippen molar-refractivity contribution in [2.45, 2.75) is 38.0 Å². The number of hydrogen-bond donors (Lipinski definition) is 1. The van der Waals surface area contributed by atoms with E-state index in [1.165, 1.54) is 12.3 Å². The topological polar surface area (TPSA) is 48.5 Å². The van der Waals surface area contributed by atoms with Crippen LogP contribution in [0, 0.1) is 0 Å². The van der Waals surface area contributed by atoms with Gasteiger partial charge in [-0.15, -0.1) is 0 Å². The fourth-order valence-corrected chi connectivity index (χ4v) is 4.21. The Morgan fingerprint density at radius 2 is 1.93 bits per heavy atom. The number of likely N-dealkylation sites (tertiary alicyclic amines) is 1. The number of fused-ring (bicyclic) bond motifs is 1. The third-order valence-electron chi connectivity index (χ3n) is 5.62. The van der Waals surface area contributed by atoms with Crippen LogP contribution in [0.5, 0.6) is 0 Å². The molecule has 0 aliphatic carbocycles. The van der Waals surface area contributed by atoms with E-state index in [1.54, 1.807) is 11.0 Å². The number of piperidine rings is 1. The highest BCUT2D eigenvalue weighted by molar-refractivity contribution is 6.30. The van der Waals surface area contributed by atoms with E-state index in [0.717, 1.165) is 55.2 Å². The number of aromatic nitrogens is 1. The molecule has 2 aliphatic heterocycles. The molecule has 0 bridgehead atoms. The monoisotopic (exact) mass is 438 g/mol. The van der Waals surface area contributed by atoms with Crippen LogP contribution in [-0.4, -0.2) is 41.6 Å². The Morgan fingerprint density at radius 1 is 1.17 bits per heavy atom. The lowest BCUT2D eigenvalue weighted by molar-refractivity contribution is -0.141. The van der Waals surface area contributed by atoms with Gasteiger partial charge in [0.05, 0.1) is 0 Å². The molecule has 2 aromatic rings. The van der Waals surface area contributed by atoms with E-state index in [1.807, 2.05) is 12.1 Å². The van der Waals surface area contributed by atoms with E-state index >= 15 is 0 Å². The Balaban J connectivity index is 1.27. The number of benzene rings is 1. The molecule has 0 atom stereocenters. The van der Waals surface area contributed by atoms with Crippen LogP contribution in [0.1, 0.15) is 29.7 Å². The molecule has 0 unspecified atom stereocenters. The minimum atomic E-state index is -4.42. The van der Waals surface area contributed by atoms with Crippen molar-refractivity contribution in [2.75, 3.05) is 24.5 Å². The van der Waals surface area contributed by atoms with Gasteiger partial charge < -0.3 is 5.32 Å². The lowest BCUT2D eigenvalue weighted by Gasteiger charge is -2.33. The molecule has 30 heavy (non-hydrogen) atoms. The van der Waals surface area contributed by atoms with Gasteiger partial charge in [-0.25, -0.2) is 4.79 Å². The van der Waals surface area contributed by atoms with Crippen molar-refractivity contribution in [1.82, 2.24) is 15.2 Å². The first-order valence-electron chi connectivity index (χ1n) is 9.90. The first-order chi connectivity index (χ1) is 14.3. The Kier molecular flexibility index (Phi) is 5.88. The van der Waals surface area contributed by atoms with Crippen LogP contribution >= 0.6 is 11.6 Å². The molecule has 0 spiro atoms. The van der Waals surface area contributed by atoms with Crippen LogP contribution in [0.2, 0.25) is 5.02 Å². The van der Waals surface area contributed by atoms with Crippen LogP contribution in [-0.2, 0) is 19.1 Å². The third kappa shape index (κ3) is 4.70. The van der Waals surface area contributed by atoms with E-state index < -0.39 is 11.9 Å². The summed E-state index contributed by atoms with van der Waals surface area (Å²) in [6, 6.07) is 8.05. The van der Waals surface area contributed by atoms with Crippen LogP contribution in [0.3, 0.4) is 0 Å². The minimum absolute atomic E-state index is 0.0795. The fourth-order valence-electron chi connectivity index (χ4n) is 4.01. The summed E-state index contributed by atoms with van der Waals surface area (Å²) in [5.74, 6) is 0. The normalized spacial score (nSPS) is 17.8. The van der Waals surface area contributed by atoms with E-state index in [9.17, 15) is 18.0 Å². The number of carbonyl (C=O) groups is 1. The van der Waals surface area contributed by atoms with Gasteiger partial charge in [-0.3, -0.25) is 14.8 Å². The number of hydrogen-bond acceptors (Lipinski definition) is 3. The second kappa shape index (κ2) is 8.43. The minimum Gasteiger partial charge on any atom is -0.335 e. The summed E-state index contributed by atoms with van der Waals surface area (Å²) < 4.78 is 37.9. The van der Waals surface area contributed by atoms with Gasteiger partial charge in [-0.05, 0) is 54.7 Å². The van der Waals surface area contributed by atoms with Gasteiger partial charge in [-0.1, -0.05) is 17.7 Å². The molecule has 0 radical (unpaired) electrons.